The van der Waals surface area contributed by atoms with Gasteiger partial charge in [0.15, 0.2) is 0 Å². The Kier molecular flexibility index (Phi) is 5.53. The lowest BCUT2D eigenvalue weighted by atomic mass is 10.1. The summed E-state index contributed by atoms with van der Waals surface area (Å²) in [6.07, 6.45) is 4.06. The molecule has 134 valence electrons. The maximum Gasteiger partial charge on any atom is 0.125 e. The quantitative estimate of drug-likeness (QED) is 0.774. The fourth-order valence-corrected chi connectivity index (χ4v) is 3.02. The highest BCUT2D eigenvalue weighted by atomic mass is 19.1. The number of halogens is 1. The van der Waals surface area contributed by atoms with E-state index in [9.17, 15) is 4.39 Å². The Bertz CT molecular complexity index is 707. The zero-order chi connectivity index (χ0) is 17.8. The van der Waals surface area contributed by atoms with Crippen molar-refractivity contribution in [2.75, 3.05) is 30.8 Å². The van der Waals surface area contributed by atoms with E-state index in [0.29, 0.717) is 11.9 Å². The molecule has 0 unspecified atom stereocenters. The summed E-state index contributed by atoms with van der Waals surface area (Å²) in [7, 11) is 2.01. The zero-order valence-corrected chi connectivity index (χ0v) is 15.1. The van der Waals surface area contributed by atoms with Crippen molar-refractivity contribution >= 4 is 11.5 Å². The number of hydrogen-bond donors (Lipinski definition) is 2. The fraction of sp³-hybridized carbons (Fsp3) is 0.450. The van der Waals surface area contributed by atoms with E-state index in [1.54, 1.807) is 12.1 Å². The van der Waals surface area contributed by atoms with E-state index in [1.807, 2.05) is 26.1 Å². The van der Waals surface area contributed by atoms with Gasteiger partial charge in [0.2, 0.25) is 0 Å². The summed E-state index contributed by atoms with van der Waals surface area (Å²) in [5.41, 5.74) is 9.76. The SMILES string of the molecule is Cc1cc(N)nc(CCc2cc(F)cc(N(C)CCNC3CC3)c2)c1. The average molecular weight is 342 g/mol. The van der Waals surface area contributed by atoms with Gasteiger partial charge >= 0.3 is 0 Å². The predicted molar refractivity (Wildman–Crippen MR) is 101 cm³/mol. The molecule has 0 amide bonds. The summed E-state index contributed by atoms with van der Waals surface area (Å²) in [4.78, 5) is 6.46. The monoisotopic (exact) mass is 342 g/mol. The van der Waals surface area contributed by atoms with Crippen LogP contribution in [-0.2, 0) is 12.8 Å². The second-order valence-corrected chi connectivity index (χ2v) is 7.03. The van der Waals surface area contributed by atoms with Gasteiger partial charge in [-0.05, 0) is 74.1 Å². The number of hydrogen-bond acceptors (Lipinski definition) is 4. The van der Waals surface area contributed by atoms with Crippen LogP contribution in [0.2, 0.25) is 0 Å². The van der Waals surface area contributed by atoms with Gasteiger partial charge in [-0.1, -0.05) is 0 Å². The minimum absolute atomic E-state index is 0.189. The summed E-state index contributed by atoms with van der Waals surface area (Å²) >= 11 is 0. The molecule has 0 bridgehead atoms. The van der Waals surface area contributed by atoms with Crippen LogP contribution in [0.1, 0.15) is 29.7 Å². The smallest absolute Gasteiger partial charge is 0.125 e. The molecule has 1 fully saturated rings. The lowest BCUT2D eigenvalue weighted by Gasteiger charge is -2.20. The molecule has 1 aliphatic rings. The van der Waals surface area contributed by atoms with Crippen molar-refractivity contribution in [3.8, 4) is 0 Å². The van der Waals surface area contributed by atoms with Crippen LogP contribution in [0, 0.1) is 12.7 Å². The standard InChI is InChI=1S/C20H27FN4/c1-14-9-18(24-20(22)10-14)4-3-15-11-16(21)13-19(12-15)25(2)8-7-23-17-5-6-17/h9-13,17,23H,3-8H2,1-2H3,(H2,22,24). The van der Waals surface area contributed by atoms with Gasteiger partial charge in [0.1, 0.15) is 11.6 Å². The Morgan fingerprint density at radius 1 is 1.20 bits per heavy atom. The minimum atomic E-state index is -0.189. The number of nitrogens with one attached hydrogen (secondary N) is 1. The first kappa shape index (κ1) is 17.7. The van der Waals surface area contributed by atoms with Crippen molar-refractivity contribution in [2.24, 2.45) is 0 Å². The first-order valence-electron chi connectivity index (χ1n) is 8.96. The molecule has 25 heavy (non-hydrogen) atoms. The van der Waals surface area contributed by atoms with Gasteiger partial charge in [-0.25, -0.2) is 9.37 Å². The van der Waals surface area contributed by atoms with Crippen LogP contribution in [-0.4, -0.2) is 31.2 Å². The van der Waals surface area contributed by atoms with E-state index in [2.05, 4.69) is 21.3 Å². The maximum atomic E-state index is 14.0. The Hall–Kier alpha value is -2.14. The Morgan fingerprint density at radius 2 is 2.00 bits per heavy atom. The van der Waals surface area contributed by atoms with Gasteiger partial charge in [0.25, 0.3) is 0 Å². The van der Waals surface area contributed by atoms with Crippen molar-refractivity contribution in [1.29, 1.82) is 0 Å². The van der Waals surface area contributed by atoms with Crippen molar-refractivity contribution in [1.82, 2.24) is 10.3 Å². The number of nitrogens with zero attached hydrogens (tertiary/aromatic N) is 2. The number of nitrogen functional groups attached to an aromatic ring is 1. The molecule has 0 aliphatic heterocycles. The molecule has 3 rings (SSSR count). The molecule has 2 aromatic rings. The molecule has 1 aliphatic carbocycles. The van der Waals surface area contributed by atoms with Crippen LogP contribution >= 0.6 is 0 Å². The first-order chi connectivity index (χ1) is 12.0. The van der Waals surface area contributed by atoms with Gasteiger partial charge in [-0.3, -0.25) is 0 Å². The highest BCUT2D eigenvalue weighted by Crippen LogP contribution is 2.20. The van der Waals surface area contributed by atoms with Crippen LogP contribution in [0.3, 0.4) is 0 Å². The highest BCUT2D eigenvalue weighted by Gasteiger charge is 2.19. The number of likely N-dealkylation sites (N-methyl/N-ethyl adjacent to an activating group) is 1. The van der Waals surface area contributed by atoms with Crippen molar-refractivity contribution in [2.45, 2.75) is 38.6 Å². The van der Waals surface area contributed by atoms with Gasteiger partial charge in [0.05, 0.1) is 0 Å². The van der Waals surface area contributed by atoms with E-state index in [4.69, 9.17) is 5.73 Å². The van der Waals surface area contributed by atoms with Gasteiger partial charge in [-0.15, -0.1) is 0 Å². The molecule has 4 nitrogen and oxygen atoms in total. The molecule has 1 aromatic carbocycles. The van der Waals surface area contributed by atoms with Crippen LogP contribution in [0.25, 0.3) is 0 Å². The average Bonchev–Trinajstić information content (AvgIpc) is 3.36. The largest absolute Gasteiger partial charge is 0.384 e. The van der Waals surface area contributed by atoms with Crippen LogP contribution in [0.4, 0.5) is 15.9 Å². The highest BCUT2D eigenvalue weighted by molar-refractivity contribution is 5.48. The lowest BCUT2D eigenvalue weighted by Crippen LogP contribution is -2.30. The number of aryl methyl sites for hydroxylation is 3. The first-order valence-corrected chi connectivity index (χ1v) is 8.96. The normalized spacial score (nSPS) is 13.9. The third kappa shape index (κ3) is 5.43. The second kappa shape index (κ2) is 7.83. The molecule has 0 saturated heterocycles. The number of rotatable bonds is 8. The lowest BCUT2D eigenvalue weighted by molar-refractivity contribution is 0.623. The molecular formula is C20H27FN4. The summed E-state index contributed by atoms with van der Waals surface area (Å²) in [5, 5.41) is 3.49. The fourth-order valence-electron chi connectivity index (χ4n) is 3.02. The summed E-state index contributed by atoms with van der Waals surface area (Å²) in [5.74, 6) is 0.351. The second-order valence-electron chi connectivity index (χ2n) is 7.03. The molecular weight excluding hydrogens is 315 g/mol. The molecule has 3 N–H and O–H groups in total. The third-order valence-electron chi connectivity index (χ3n) is 4.55. The molecule has 0 spiro atoms. The van der Waals surface area contributed by atoms with Gasteiger partial charge < -0.3 is 16.0 Å². The van der Waals surface area contributed by atoms with Gasteiger partial charge in [-0.2, -0.15) is 0 Å². The third-order valence-corrected chi connectivity index (χ3v) is 4.55. The number of aromatic nitrogens is 1. The Morgan fingerprint density at radius 3 is 2.72 bits per heavy atom. The predicted octanol–water partition coefficient (Wildman–Crippen LogP) is 3.08. The number of nitrogens with two attached hydrogens (primary N) is 1. The van der Waals surface area contributed by atoms with E-state index in [0.717, 1.165) is 48.4 Å². The minimum Gasteiger partial charge on any atom is -0.384 e. The van der Waals surface area contributed by atoms with Gasteiger partial charge in [0, 0.05) is 37.6 Å². The number of benzene rings is 1. The van der Waals surface area contributed by atoms with Crippen LogP contribution in [0.15, 0.2) is 30.3 Å². The molecule has 1 heterocycles. The van der Waals surface area contributed by atoms with Crippen molar-refractivity contribution < 1.29 is 4.39 Å². The molecule has 1 saturated carbocycles. The molecule has 0 atom stereocenters. The van der Waals surface area contributed by atoms with Crippen molar-refractivity contribution in [3.05, 3.63) is 53.0 Å². The number of anilines is 2. The summed E-state index contributed by atoms with van der Waals surface area (Å²) < 4.78 is 14.0. The van der Waals surface area contributed by atoms with E-state index >= 15 is 0 Å². The van der Waals surface area contributed by atoms with E-state index in [1.165, 1.54) is 12.8 Å². The Balaban J connectivity index is 1.61. The summed E-state index contributed by atoms with van der Waals surface area (Å²) in [6, 6.07) is 9.87. The topological polar surface area (TPSA) is 54.2 Å². The number of pyridine rings is 1. The maximum absolute atomic E-state index is 14.0. The zero-order valence-electron chi connectivity index (χ0n) is 15.1. The van der Waals surface area contributed by atoms with E-state index < -0.39 is 0 Å². The van der Waals surface area contributed by atoms with Crippen LogP contribution < -0.4 is 16.0 Å². The molecule has 5 heteroatoms. The van der Waals surface area contributed by atoms with Crippen molar-refractivity contribution in [3.63, 3.8) is 0 Å². The van der Waals surface area contributed by atoms with E-state index in [-0.39, 0.29) is 5.82 Å². The molecule has 0 radical (unpaired) electrons. The van der Waals surface area contributed by atoms with Crippen LogP contribution in [0.5, 0.6) is 0 Å². The Labute approximate surface area is 149 Å². The molecule has 1 aromatic heterocycles. The summed E-state index contributed by atoms with van der Waals surface area (Å²) in [6.45, 7) is 3.81.